The van der Waals surface area contributed by atoms with Crippen LogP contribution in [-0.4, -0.2) is 45.5 Å². The molecule has 0 aliphatic rings. The van der Waals surface area contributed by atoms with E-state index in [0.29, 0.717) is 0 Å². The van der Waals surface area contributed by atoms with E-state index in [9.17, 15) is 0 Å². The number of rotatable bonds is 0. The van der Waals surface area contributed by atoms with E-state index >= 15 is 0 Å². The van der Waals surface area contributed by atoms with E-state index in [1.54, 1.807) is 0 Å². The molecule has 0 amide bonds. The van der Waals surface area contributed by atoms with E-state index in [1.165, 1.54) is 10.8 Å². The first-order valence-electron chi connectivity index (χ1n) is 3.40. The van der Waals surface area contributed by atoms with Crippen LogP contribution in [0.15, 0.2) is 48.5 Å². The predicted octanol–water partition coefficient (Wildman–Crippen LogP) is 2.68. The summed E-state index contributed by atoms with van der Waals surface area (Å²) in [6.45, 7) is 0. The van der Waals surface area contributed by atoms with Gasteiger partial charge in [0.2, 0.25) is 0 Å². The first-order chi connectivity index (χ1) is 4.97. The van der Waals surface area contributed by atoms with Crippen LogP contribution in [-0.2, 0) is 0 Å². The minimum atomic E-state index is 0. The Morgan fingerprint density at radius 3 is 1.18 bits per heavy atom. The summed E-state index contributed by atoms with van der Waals surface area (Å²) in [5.74, 6) is 0. The first-order valence-corrected chi connectivity index (χ1v) is 3.40. The van der Waals surface area contributed by atoms with Crippen LogP contribution in [0.5, 0.6) is 0 Å². The average Bonchev–Trinajstić information content (AvgIpc) is 2.05. The Kier molecular flexibility index (Phi) is 3.60. The van der Waals surface area contributed by atoms with Gasteiger partial charge in [-0.1, -0.05) is 48.5 Å². The first kappa shape index (κ1) is 9.27. The van der Waals surface area contributed by atoms with Gasteiger partial charge in [-0.3, -0.25) is 0 Å². The molecule has 2 rings (SSSR count). The van der Waals surface area contributed by atoms with Gasteiger partial charge in [-0.25, -0.2) is 0 Å². The fraction of sp³-hybridized carbons (Fsp3) is 0. The van der Waals surface area contributed by atoms with Crippen LogP contribution >= 0.6 is 0 Å². The van der Waals surface area contributed by atoms with E-state index in [1.807, 2.05) is 0 Å². The van der Waals surface area contributed by atoms with Crippen molar-refractivity contribution in [2.75, 3.05) is 0 Å². The largest absolute Gasteiger partial charge is 2.00 e. The third kappa shape index (κ3) is 2.06. The molecule has 0 aliphatic carbocycles. The Labute approximate surface area is 106 Å². The molecule has 2 aromatic carbocycles. The van der Waals surface area contributed by atoms with E-state index in [4.69, 9.17) is 0 Å². The van der Waals surface area contributed by atoms with Crippen LogP contribution in [0.25, 0.3) is 10.8 Å². The second-order valence-electron chi connectivity index (χ2n) is 2.35. The van der Waals surface area contributed by atoms with Crippen molar-refractivity contribution in [3.05, 3.63) is 48.5 Å². The molecule has 0 spiro atoms. The van der Waals surface area contributed by atoms with Gasteiger partial charge >= 0.3 is 45.5 Å². The van der Waals surface area contributed by atoms with Gasteiger partial charge < -0.3 is 2.85 Å². The van der Waals surface area contributed by atoms with E-state index < -0.39 is 0 Å². The van der Waals surface area contributed by atoms with Crippen molar-refractivity contribution in [3.63, 3.8) is 0 Å². The monoisotopic (exact) mass is 218 g/mol. The standard InChI is InChI=1S/C10H8.Sr.2H/c1-2-6-10-8-4-3-7-9(10)5-1;;;/h1-8H;;;/q;+2;2*-1. The summed E-state index contributed by atoms with van der Waals surface area (Å²) in [4.78, 5) is 0. The number of hydrogen-bond donors (Lipinski definition) is 0. The molecule has 0 N–H and O–H groups in total. The van der Waals surface area contributed by atoms with Gasteiger partial charge in [0.25, 0.3) is 0 Å². The maximum absolute atomic E-state index is 2.12. The van der Waals surface area contributed by atoms with Crippen molar-refractivity contribution in [2.45, 2.75) is 0 Å². The van der Waals surface area contributed by atoms with Gasteiger partial charge in [0, 0.05) is 0 Å². The van der Waals surface area contributed by atoms with Crippen LogP contribution in [0.4, 0.5) is 0 Å². The Bertz CT molecular complexity index is 284. The fourth-order valence-corrected chi connectivity index (χ4v) is 1.13. The second kappa shape index (κ2) is 4.27. The van der Waals surface area contributed by atoms with Crippen molar-refractivity contribution in [1.29, 1.82) is 0 Å². The molecule has 0 aromatic heterocycles. The summed E-state index contributed by atoms with van der Waals surface area (Å²) in [6, 6.07) is 16.7. The fourth-order valence-electron chi connectivity index (χ4n) is 1.13. The summed E-state index contributed by atoms with van der Waals surface area (Å²) in [7, 11) is 0. The molecule has 0 saturated heterocycles. The molecular formula is C10H10Sr. The molecule has 0 bridgehead atoms. The molecule has 0 saturated carbocycles. The number of hydrogen-bond acceptors (Lipinski definition) is 0. The molecular weight excluding hydrogens is 208 g/mol. The molecule has 1 heteroatoms. The van der Waals surface area contributed by atoms with E-state index in [-0.39, 0.29) is 48.3 Å². The van der Waals surface area contributed by atoms with Gasteiger partial charge in [-0.2, -0.15) is 0 Å². The Morgan fingerprint density at radius 1 is 0.636 bits per heavy atom. The minimum absolute atomic E-state index is 0. The van der Waals surface area contributed by atoms with Crippen molar-refractivity contribution in [1.82, 2.24) is 0 Å². The molecule has 0 atom stereocenters. The van der Waals surface area contributed by atoms with E-state index in [0.717, 1.165) is 0 Å². The van der Waals surface area contributed by atoms with Crippen LogP contribution in [0, 0.1) is 0 Å². The van der Waals surface area contributed by atoms with Crippen LogP contribution < -0.4 is 0 Å². The molecule has 0 fully saturated rings. The van der Waals surface area contributed by atoms with Crippen molar-refractivity contribution in [3.8, 4) is 0 Å². The maximum atomic E-state index is 2.12. The third-order valence-corrected chi connectivity index (χ3v) is 1.66. The summed E-state index contributed by atoms with van der Waals surface area (Å²) in [5.41, 5.74) is 0. The topological polar surface area (TPSA) is 0 Å². The molecule has 0 nitrogen and oxygen atoms in total. The van der Waals surface area contributed by atoms with Crippen molar-refractivity contribution < 1.29 is 2.85 Å². The summed E-state index contributed by atoms with van der Waals surface area (Å²) in [5, 5.41) is 2.62. The molecule has 2 aromatic rings. The smallest absolute Gasteiger partial charge is 1.00 e. The van der Waals surface area contributed by atoms with Gasteiger partial charge in [0.05, 0.1) is 0 Å². The SMILES string of the molecule is [H-].[H-].[Sr+2].c1ccc2ccccc2c1. The predicted molar refractivity (Wildman–Crippen MR) is 51.9 cm³/mol. The molecule has 0 aliphatic heterocycles. The number of benzene rings is 2. The van der Waals surface area contributed by atoms with Gasteiger partial charge in [0.15, 0.2) is 0 Å². The third-order valence-electron chi connectivity index (χ3n) is 1.66. The van der Waals surface area contributed by atoms with Gasteiger partial charge in [-0.15, -0.1) is 0 Å². The normalized spacial score (nSPS) is 9.09. The zero-order valence-electron chi connectivity index (χ0n) is 8.33. The molecule has 0 radical (unpaired) electrons. The quantitative estimate of drug-likeness (QED) is 0.596. The van der Waals surface area contributed by atoms with Crippen LogP contribution in [0.3, 0.4) is 0 Å². The molecule has 52 valence electrons. The minimum Gasteiger partial charge on any atom is -1.00 e. The summed E-state index contributed by atoms with van der Waals surface area (Å²) < 4.78 is 0. The average molecular weight is 218 g/mol. The van der Waals surface area contributed by atoms with Gasteiger partial charge in [-0.05, 0) is 10.8 Å². The van der Waals surface area contributed by atoms with Crippen molar-refractivity contribution in [2.24, 2.45) is 0 Å². The van der Waals surface area contributed by atoms with Crippen molar-refractivity contribution >= 4 is 56.3 Å². The molecule has 11 heavy (non-hydrogen) atoms. The van der Waals surface area contributed by atoms with Crippen LogP contribution in [0.1, 0.15) is 2.85 Å². The summed E-state index contributed by atoms with van der Waals surface area (Å²) >= 11 is 0. The number of fused-ring (bicyclic) bond motifs is 1. The zero-order chi connectivity index (χ0) is 6.81. The summed E-state index contributed by atoms with van der Waals surface area (Å²) in [6.07, 6.45) is 0. The second-order valence-corrected chi connectivity index (χ2v) is 2.35. The zero-order valence-corrected chi connectivity index (χ0v) is 9.80. The van der Waals surface area contributed by atoms with Gasteiger partial charge in [0.1, 0.15) is 0 Å². The molecule has 0 unspecified atom stereocenters. The Morgan fingerprint density at radius 2 is 0.909 bits per heavy atom. The van der Waals surface area contributed by atoms with Crippen LogP contribution in [0.2, 0.25) is 0 Å². The maximum Gasteiger partial charge on any atom is 2.00 e. The Hall–Kier alpha value is 0.181. The van der Waals surface area contributed by atoms with E-state index in [2.05, 4.69) is 48.5 Å². The molecule has 0 heterocycles. The Balaban J connectivity index is 0.